The topological polar surface area (TPSA) is 89.7 Å². The van der Waals surface area contributed by atoms with E-state index in [1.807, 2.05) is 20.8 Å². The molecule has 7 heteroatoms. The van der Waals surface area contributed by atoms with Crippen molar-refractivity contribution in [1.29, 1.82) is 0 Å². The second kappa shape index (κ2) is 6.93. The Bertz CT molecular complexity index is 549. The van der Waals surface area contributed by atoms with Crippen LogP contribution in [0.15, 0.2) is 12.1 Å². The number of carbonyl (C=O) groups excluding carboxylic acids is 1. The van der Waals surface area contributed by atoms with E-state index in [4.69, 9.17) is 15.2 Å². The molecule has 1 aromatic rings. The van der Waals surface area contributed by atoms with E-state index in [1.54, 1.807) is 24.1 Å². The lowest BCUT2D eigenvalue weighted by Crippen LogP contribution is -2.44. The molecule has 1 fully saturated rings. The number of nitrogens with two attached hydrogens (primary N) is 1. The number of aromatic nitrogens is 1. The average Bonchev–Trinajstić information content (AvgIpc) is 2.48. The summed E-state index contributed by atoms with van der Waals surface area (Å²) in [6.07, 6.45) is 1.38. The second-order valence-corrected chi connectivity index (χ2v) is 6.68. The van der Waals surface area contributed by atoms with Crippen LogP contribution in [0.2, 0.25) is 0 Å². The first-order chi connectivity index (χ1) is 10.8. The lowest BCUT2D eigenvalue weighted by Gasteiger charge is -2.34. The number of piperidine rings is 1. The van der Waals surface area contributed by atoms with Gasteiger partial charge in [-0.15, -0.1) is 0 Å². The zero-order valence-corrected chi connectivity index (χ0v) is 14.3. The summed E-state index contributed by atoms with van der Waals surface area (Å²) in [7, 11) is 1.57. The number of anilines is 2. The molecule has 2 heterocycles. The van der Waals surface area contributed by atoms with Gasteiger partial charge in [0.2, 0.25) is 5.88 Å². The van der Waals surface area contributed by atoms with Gasteiger partial charge in [-0.05, 0) is 39.7 Å². The highest BCUT2D eigenvalue weighted by atomic mass is 16.6. The normalized spacial score (nSPS) is 16.1. The predicted molar refractivity (Wildman–Crippen MR) is 89.7 cm³/mol. The monoisotopic (exact) mass is 322 g/mol. The number of methoxy groups -OCH3 is 1. The first-order valence-corrected chi connectivity index (χ1v) is 7.83. The SMILES string of the molecule is COc1ccc(N)c(NC2CCN(C(=O)OC(C)(C)C)CC2)n1. The van der Waals surface area contributed by atoms with Crippen LogP contribution >= 0.6 is 0 Å². The third-order valence-corrected chi connectivity index (χ3v) is 3.60. The van der Waals surface area contributed by atoms with Crippen molar-refractivity contribution in [2.45, 2.75) is 45.3 Å². The molecule has 0 spiro atoms. The average molecular weight is 322 g/mol. The van der Waals surface area contributed by atoms with Crippen LogP contribution < -0.4 is 15.8 Å². The van der Waals surface area contributed by atoms with Crippen molar-refractivity contribution >= 4 is 17.6 Å². The van der Waals surface area contributed by atoms with E-state index in [0.717, 1.165) is 12.8 Å². The second-order valence-electron chi connectivity index (χ2n) is 6.68. The fourth-order valence-electron chi connectivity index (χ4n) is 2.41. The number of nitrogen functional groups attached to an aromatic ring is 1. The molecule has 0 aromatic carbocycles. The number of nitrogens with one attached hydrogen (secondary N) is 1. The molecule has 2 rings (SSSR count). The molecule has 1 aromatic heterocycles. The maximum Gasteiger partial charge on any atom is 0.410 e. The Morgan fingerprint density at radius 2 is 2.00 bits per heavy atom. The summed E-state index contributed by atoms with van der Waals surface area (Å²) >= 11 is 0. The summed E-state index contributed by atoms with van der Waals surface area (Å²) < 4.78 is 10.5. The zero-order chi connectivity index (χ0) is 17.0. The molecule has 1 amide bonds. The number of ether oxygens (including phenoxy) is 2. The standard InChI is InChI=1S/C16H26N4O3/c1-16(2,3)23-15(21)20-9-7-11(8-10-20)18-14-12(17)5-6-13(19-14)22-4/h5-6,11H,7-10,17H2,1-4H3,(H,18,19). The van der Waals surface area contributed by atoms with E-state index in [2.05, 4.69) is 10.3 Å². The Morgan fingerprint density at radius 1 is 1.35 bits per heavy atom. The quantitative estimate of drug-likeness (QED) is 0.888. The Morgan fingerprint density at radius 3 is 2.57 bits per heavy atom. The van der Waals surface area contributed by atoms with Gasteiger partial charge in [-0.2, -0.15) is 4.98 Å². The van der Waals surface area contributed by atoms with Crippen LogP contribution in [0, 0.1) is 0 Å². The van der Waals surface area contributed by atoms with Crippen LogP contribution in [-0.2, 0) is 4.74 Å². The molecular formula is C16H26N4O3. The molecule has 0 atom stereocenters. The number of carbonyl (C=O) groups is 1. The maximum atomic E-state index is 12.1. The van der Waals surface area contributed by atoms with Crippen LogP contribution in [0.25, 0.3) is 0 Å². The van der Waals surface area contributed by atoms with Crippen LogP contribution in [0.4, 0.5) is 16.3 Å². The smallest absolute Gasteiger partial charge is 0.410 e. The van der Waals surface area contributed by atoms with E-state index in [0.29, 0.717) is 30.5 Å². The van der Waals surface area contributed by atoms with Gasteiger partial charge >= 0.3 is 6.09 Å². The van der Waals surface area contributed by atoms with Crippen LogP contribution in [-0.4, -0.2) is 47.8 Å². The Hall–Kier alpha value is -2.18. The van der Waals surface area contributed by atoms with E-state index in [-0.39, 0.29) is 12.1 Å². The molecule has 23 heavy (non-hydrogen) atoms. The first kappa shape index (κ1) is 17.2. The third-order valence-electron chi connectivity index (χ3n) is 3.60. The number of likely N-dealkylation sites (tertiary alicyclic amines) is 1. The van der Waals surface area contributed by atoms with Gasteiger partial charge in [0, 0.05) is 25.2 Å². The summed E-state index contributed by atoms with van der Waals surface area (Å²) in [5.41, 5.74) is 6.06. The minimum Gasteiger partial charge on any atom is -0.481 e. The van der Waals surface area contributed by atoms with Crippen LogP contribution in [0.5, 0.6) is 5.88 Å². The zero-order valence-electron chi connectivity index (χ0n) is 14.3. The molecule has 0 radical (unpaired) electrons. The van der Waals surface area contributed by atoms with Gasteiger partial charge in [0.1, 0.15) is 5.60 Å². The third kappa shape index (κ3) is 4.91. The van der Waals surface area contributed by atoms with Crippen molar-refractivity contribution in [1.82, 2.24) is 9.88 Å². The Labute approximate surface area is 137 Å². The molecule has 1 aliphatic heterocycles. The summed E-state index contributed by atoms with van der Waals surface area (Å²) in [5, 5.41) is 3.34. The highest BCUT2D eigenvalue weighted by Gasteiger charge is 2.27. The van der Waals surface area contributed by atoms with Crippen molar-refractivity contribution in [2.24, 2.45) is 0 Å². The van der Waals surface area contributed by atoms with Crippen molar-refractivity contribution in [3.05, 3.63) is 12.1 Å². The summed E-state index contributed by atoms with van der Waals surface area (Å²) in [5.74, 6) is 1.15. The van der Waals surface area contributed by atoms with Gasteiger partial charge in [0.05, 0.1) is 12.8 Å². The van der Waals surface area contributed by atoms with Crippen molar-refractivity contribution in [3.8, 4) is 5.88 Å². The lowest BCUT2D eigenvalue weighted by atomic mass is 10.1. The predicted octanol–water partition coefficient (Wildman–Crippen LogP) is 2.48. The summed E-state index contributed by atoms with van der Waals surface area (Å²) in [6, 6.07) is 3.71. The largest absolute Gasteiger partial charge is 0.481 e. The minimum atomic E-state index is -0.467. The van der Waals surface area contributed by atoms with Crippen molar-refractivity contribution in [3.63, 3.8) is 0 Å². The molecule has 1 aliphatic rings. The summed E-state index contributed by atoms with van der Waals surface area (Å²) in [6.45, 7) is 6.91. The first-order valence-electron chi connectivity index (χ1n) is 7.83. The van der Waals surface area contributed by atoms with E-state index >= 15 is 0 Å². The number of pyridine rings is 1. The van der Waals surface area contributed by atoms with E-state index < -0.39 is 5.60 Å². The van der Waals surface area contributed by atoms with Gasteiger partial charge in [-0.3, -0.25) is 0 Å². The van der Waals surface area contributed by atoms with Crippen molar-refractivity contribution in [2.75, 3.05) is 31.2 Å². The highest BCUT2D eigenvalue weighted by molar-refractivity contribution is 5.68. The number of rotatable bonds is 3. The number of hydrogen-bond donors (Lipinski definition) is 2. The molecule has 128 valence electrons. The van der Waals surface area contributed by atoms with Gasteiger partial charge < -0.3 is 25.4 Å². The molecule has 7 nitrogen and oxygen atoms in total. The molecule has 0 saturated carbocycles. The minimum absolute atomic E-state index is 0.218. The number of hydrogen-bond acceptors (Lipinski definition) is 6. The molecule has 0 aliphatic carbocycles. The maximum absolute atomic E-state index is 12.1. The van der Waals surface area contributed by atoms with E-state index in [9.17, 15) is 4.79 Å². The van der Waals surface area contributed by atoms with Crippen LogP contribution in [0.3, 0.4) is 0 Å². The Kier molecular flexibility index (Phi) is 5.18. The highest BCUT2D eigenvalue weighted by Crippen LogP contribution is 2.23. The molecule has 0 bridgehead atoms. The fourth-order valence-corrected chi connectivity index (χ4v) is 2.41. The molecular weight excluding hydrogens is 296 g/mol. The van der Waals surface area contributed by atoms with Gasteiger partial charge in [0.15, 0.2) is 5.82 Å². The number of amides is 1. The van der Waals surface area contributed by atoms with Gasteiger partial charge in [-0.25, -0.2) is 4.79 Å². The van der Waals surface area contributed by atoms with E-state index in [1.165, 1.54) is 0 Å². The summed E-state index contributed by atoms with van der Waals surface area (Å²) in [4.78, 5) is 18.1. The molecule has 0 unspecified atom stereocenters. The van der Waals surface area contributed by atoms with Gasteiger partial charge in [0.25, 0.3) is 0 Å². The lowest BCUT2D eigenvalue weighted by molar-refractivity contribution is 0.0210. The van der Waals surface area contributed by atoms with Gasteiger partial charge in [-0.1, -0.05) is 0 Å². The molecule has 3 N–H and O–H groups in total. The Balaban J connectivity index is 1.89. The van der Waals surface area contributed by atoms with Crippen molar-refractivity contribution < 1.29 is 14.3 Å². The fraction of sp³-hybridized carbons (Fsp3) is 0.625. The number of nitrogens with zero attached hydrogens (tertiary/aromatic N) is 2. The van der Waals surface area contributed by atoms with Crippen LogP contribution in [0.1, 0.15) is 33.6 Å². The molecule has 1 saturated heterocycles.